The molecule has 3 aromatic carbocycles. The summed E-state index contributed by atoms with van der Waals surface area (Å²) in [6.07, 6.45) is 0. The van der Waals surface area contributed by atoms with Crippen molar-refractivity contribution in [2.45, 2.75) is 6.92 Å². The van der Waals surface area contributed by atoms with Crippen LogP contribution in [0.15, 0.2) is 71.1 Å². The van der Waals surface area contributed by atoms with E-state index in [1.165, 1.54) is 0 Å². The van der Waals surface area contributed by atoms with Crippen LogP contribution in [0.5, 0.6) is 5.75 Å². The molecule has 0 saturated heterocycles. The number of thiocarbonyl (C=S) groups is 1. The lowest BCUT2D eigenvalue weighted by Gasteiger charge is -2.09. The highest BCUT2D eigenvalue weighted by Gasteiger charge is 2.11. The van der Waals surface area contributed by atoms with Crippen molar-refractivity contribution < 1.29 is 13.9 Å². The lowest BCUT2D eigenvalue weighted by molar-refractivity contribution is 0.0977. The normalized spacial score (nSPS) is 10.6. The molecule has 0 saturated carbocycles. The number of aromatic nitrogens is 1. The number of carbonyl (C=O) groups is 1. The maximum Gasteiger partial charge on any atom is 0.257 e. The molecule has 0 fully saturated rings. The molecule has 4 rings (SSSR count). The minimum Gasteiger partial charge on any atom is -0.494 e. The highest BCUT2D eigenvalue weighted by Crippen LogP contribution is 2.27. The third-order valence-electron chi connectivity index (χ3n) is 4.37. The number of oxazole rings is 1. The predicted molar refractivity (Wildman–Crippen MR) is 126 cm³/mol. The third kappa shape index (κ3) is 5.02. The number of halogens is 1. The van der Waals surface area contributed by atoms with Crippen LogP contribution in [0.4, 0.5) is 5.69 Å². The Bertz CT molecular complexity index is 1250. The summed E-state index contributed by atoms with van der Waals surface area (Å²) >= 11 is 11.2. The highest BCUT2D eigenvalue weighted by molar-refractivity contribution is 7.80. The highest BCUT2D eigenvalue weighted by atomic mass is 35.5. The Kier molecular flexibility index (Phi) is 6.16. The zero-order valence-electron chi connectivity index (χ0n) is 16.5. The molecule has 156 valence electrons. The van der Waals surface area contributed by atoms with Gasteiger partial charge in [0.1, 0.15) is 11.3 Å². The van der Waals surface area contributed by atoms with Crippen LogP contribution in [0.25, 0.3) is 22.6 Å². The number of carbonyl (C=O) groups excluding carboxylic acids is 1. The Labute approximate surface area is 189 Å². The quantitative estimate of drug-likeness (QED) is 0.380. The van der Waals surface area contributed by atoms with E-state index in [4.69, 9.17) is 33.0 Å². The van der Waals surface area contributed by atoms with E-state index >= 15 is 0 Å². The Morgan fingerprint density at radius 2 is 1.94 bits per heavy atom. The lowest BCUT2D eigenvalue weighted by Crippen LogP contribution is -2.34. The molecule has 0 atom stereocenters. The van der Waals surface area contributed by atoms with Gasteiger partial charge in [-0.15, -0.1) is 0 Å². The summed E-state index contributed by atoms with van der Waals surface area (Å²) in [4.78, 5) is 16.9. The Hall–Kier alpha value is -3.42. The van der Waals surface area contributed by atoms with E-state index in [2.05, 4.69) is 15.6 Å². The molecule has 6 nitrogen and oxygen atoms in total. The molecule has 31 heavy (non-hydrogen) atoms. The molecule has 4 aromatic rings. The molecule has 2 N–H and O–H groups in total. The third-order valence-corrected chi connectivity index (χ3v) is 4.81. The van der Waals surface area contributed by atoms with E-state index in [0.717, 1.165) is 11.3 Å². The van der Waals surface area contributed by atoms with Gasteiger partial charge >= 0.3 is 0 Å². The molecule has 8 heteroatoms. The largest absolute Gasteiger partial charge is 0.494 e. The van der Waals surface area contributed by atoms with Crippen molar-refractivity contribution in [1.29, 1.82) is 0 Å². The summed E-state index contributed by atoms with van der Waals surface area (Å²) < 4.78 is 11.3. The summed E-state index contributed by atoms with van der Waals surface area (Å²) in [7, 11) is 0. The number of fused-ring (bicyclic) bond motifs is 1. The van der Waals surface area contributed by atoms with Crippen molar-refractivity contribution in [2.75, 3.05) is 11.9 Å². The van der Waals surface area contributed by atoms with Gasteiger partial charge < -0.3 is 14.5 Å². The molecular formula is C23H18ClN3O3S. The summed E-state index contributed by atoms with van der Waals surface area (Å²) in [6.45, 7) is 2.55. The molecule has 1 aromatic heterocycles. The van der Waals surface area contributed by atoms with Gasteiger partial charge in [-0.05, 0) is 79.8 Å². The standard InChI is InChI=1S/C23H18ClN3O3S/c1-2-29-18-9-6-14(7-10-18)22-26-19-13-17(8-11-20(19)30-22)25-23(31)27-21(28)15-4-3-5-16(24)12-15/h3-13H,2H2,1H3,(H2,25,27,28,31). The second kappa shape index (κ2) is 9.16. The molecule has 0 spiro atoms. The summed E-state index contributed by atoms with van der Waals surface area (Å²) in [5, 5.41) is 6.27. The Morgan fingerprint density at radius 3 is 2.68 bits per heavy atom. The van der Waals surface area contributed by atoms with Crippen molar-refractivity contribution in [2.24, 2.45) is 0 Å². The van der Waals surface area contributed by atoms with Gasteiger partial charge in [0.05, 0.1) is 6.61 Å². The number of nitrogens with zero attached hydrogens (tertiary/aromatic N) is 1. The number of benzene rings is 3. The van der Waals surface area contributed by atoms with Crippen LogP contribution in [0.1, 0.15) is 17.3 Å². The van der Waals surface area contributed by atoms with Gasteiger partial charge in [0.25, 0.3) is 5.91 Å². The van der Waals surface area contributed by atoms with E-state index in [-0.39, 0.29) is 11.0 Å². The average Bonchev–Trinajstić information content (AvgIpc) is 3.18. The number of nitrogens with one attached hydrogen (secondary N) is 2. The van der Waals surface area contributed by atoms with Crippen molar-refractivity contribution in [3.05, 3.63) is 77.3 Å². The van der Waals surface area contributed by atoms with Gasteiger partial charge in [0.2, 0.25) is 5.89 Å². The van der Waals surface area contributed by atoms with Crippen molar-refractivity contribution in [1.82, 2.24) is 10.3 Å². The fourth-order valence-corrected chi connectivity index (χ4v) is 3.36. The molecule has 0 bridgehead atoms. The summed E-state index contributed by atoms with van der Waals surface area (Å²) in [6, 6.07) is 19.6. The zero-order valence-corrected chi connectivity index (χ0v) is 18.1. The van der Waals surface area contributed by atoms with E-state index in [1.807, 2.05) is 31.2 Å². The maximum absolute atomic E-state index is 12.3. The minimum absolute atomic E-state index is 0.166. The smallest absolute Gasteiger partial charge is 0.257 e. The van der Waals surface area contributed by atoms with Crippen molar-refractivity contribution >= 4 is 51.6 Å². The molecule has 0 radical (unpaired) electrons. The van der Waals surface area contributed by atoms with Crippen LogP contribution < -0.4 is 15.4 Å². The van der Waals surface area contributed by atoms with Gasteiger partial charge in [-0.2, -0.15) is 0 Å². The number of rotatable bonds is 5. The van der Waals surface area contributed by atoms with Crippen molar-refractivity contribution in [3.63, 3.8) is 0 Å². The molecule has 1 amide bonds. The first-order valence-corrected chi connectivity index (χ1v) is 10.3. The fraction of sp³-hybridized carbons (Fsp3) is 0.0870. The molecule has 0 unspecified atom stereocenters. The number of ether oxygens (including phenoxy) is 1. The average molecular weight is 452 g/mol. The second-order valence-electron chi connectivity index (χ2n) is 6.58. The SMILES string of the molecule is CCOc1ccc(-c2nc3cc(NC(=S)NC(=O)c4cccc(Cl)c4)ccc3o2)cc1. The fourth-order valence-electron chi connectivity index (χ4n) is 2.96. The maximum atomic E-state index is 12.3. The van der Waals surface area contributed by atoms with Crippen LogP contribution >= 0.6 is 23.8 Å². The first-order valence-electron chi connectivity index (χ1n) is 9.53. The van der Waals surface area contributed by atoms with Crippen LogP contribution in [0.3, 0.4) is 0 Å². The van der Waals surface area contributed by atoms with E-state index < -0.39 is 0 Å². The molecule has 0 aliphatic heterocycles. The topological polar surface area (TPSA) is 76.4 Å². The van der Waals surface area contributed by atoms with Gasteiger partial charge in [0, 0.05) is 21.8 Å². The minimum atomic E-state index is -0.347. The van der Waals surface area contributed by atoms with Crippen LogP contribution in [-0.2, 0) is 0 Å². The second-order valence-corrected chi connectivity index (χ2v) is 7.42. The Morgan fingerprint density at radius 1 is 1.13 bits per heavy atom. The van der Waals surface area contributed by atoms with Gasteiger partial charge in [-0.25, -0.2) is 4.98 Å². The van der Waals surface area contributed by atoms with E-state index in [0.29, 0.717) is 39.9 Å². The van der Waals surface area contributed by atoms with Crippen molar-refractivity contribution in [3.8, 4) is 17.2 Å². The molecular weight excluding hydrogens is 434 g/mol. The number of amides is 1. The first kappa shape index (κ1) is 20.8. The monoisotopic (exact) mass is 451 g/mol. The van der Waals surface area contributed by atoms with E-state index in [1.54, 1.807) is 42.5 Å². The lowest BCUT2D eigenvalue weighted by atomic mass is 10.2. The predicted octanol–water partition coefficient (Wildman–Crippen LogP) is 5.67. The number of hydrogen-bond acceptors (Lipinski definition) is 5. The van der Waals surface area contributed by atoms with Crippen LogP contribution in [0, 0.1) is 0 Å². The van der Waals surface area contributed by atoms with Crippen LogP contribution in [0.2, 0.25) is 5.02 Å². The van der Waals surface area contributed by atoms with Gasteiger partial charge in [-0.1, -0.05) is 17.7 Å². The molecule has 1 heterocycles. The Balaban J connectivity index is 1.46. The number of anilines is 1. The molecule has 0 aliphatic rings. The van der Waals surface area contributed by atoms with Crippen LogP contribution in [-0.4, -0.2) is 22.6 Å². The van der Waals surface area contributed by atoms with Gasteiger partial charge in [0.15, 0.2) is 10.7 Å². The van der Waals surface area contributed by atoms with E-state index in [9.17, 15) is 4.79 Å². The summed E-state index contributed by atoms with van der Waals surface area (Å²) in [5.74, 6) is 0.953. The first-order chi connectivity index (χ1) is 15.0. The number of hydrogen-bond donors (Lipinski definition) is 2. The summed E-state index contributed by atoms with van der Waals surface area (Å²) in [5.41, 5.74) is 3.25. The zero-order chi connectivity index (χ0) is 21.8. The molecule has 0 aliphatic carbocycles. The van der Waals surface area contributed by atoms with Gasteiger partial charge in [-0.3, -0.25) is 10.1 Å².